The Bertz CT molecular complexity index is 354. The van der Waals surface area contributed by atoms with E-state index in [0.717, 1.165) is 9.35 Å². The molecule has 1 unspecified atom stereocenters. The summed E-state index contributed by atoms with van der Waals surface area (Å²) in [6, 6.07) is 2.04. The van der Waals surface area contributed by atoms with Crippen LogP contribution in [0.15, 0.2) is 15.9 Å². The monoisotopic (exact) mass is 289 g/mol. The van der Waals surface area contributed by atoms with Crippen LogP contribution in [0.5, 0.6) is 0 Å². The number of nitrogens with one attached hydrogen (secondary N) is 1. The molecule has 0 bridgehead atoms. The van der Waals surface area contributed by atoms with Gasteiger partial charge in [0.05, 0.1) is 0 Å². The van der Waals surface area contributed by atoms with Gasteiger partial charge in [0.1, 0.15) is 4.88 Å². The van der Waals surface area contributed by atoms with Gasteiger partial charge in [-0.25, -0.2) is 0 Å². The van der Waals surface area contributed by atoms with E-state index in [1.54, 1.807) is 0 Å². The highest BCUT2D eigenvalue weighted by Gasteiger charge is 2.23. The van der Waals surface area contributed by atoms with Gasteiger partial charge in [-0.3, -0.25) is 4.79 Å². The van der Waals surface area contributed by atoms with E-state index in [9.17, 15) is 4.79 Å². The zero-order chi connectivity index (χ0) is 11.6. The van der Waals surface area contributed by atoms with Crippen LogP contribution in [0.1, 0.15) is 37.4 Å². The molecule has 0 aliphatic heterocycles. The van der Waals surface area contributed by atoms with Crippen LogP contribution in [0.2, 0.25) is 0 Å². The molecule has 4 heteroatoms. The topological polar surface area (TPSA) is 29.1 Å². The Balaban J connectivity index is 2.69. The number of rotatable bonds is 2. The van der Waals surface area contributed by atoms with Crippen molar-refractivity contribution in [3.8, 4) is 0 Å². The van der Waals surface area contributed by atoms with Crippen LogP contribution < -0.4 is 5.32 Å². The van der Waals surface area contributed by atoms with Gasteiger partial charge < -0.3 is 5.32 Å². The molecule has 1 aromatic heterocycles. The molecule has 1 atom stereocenters. The van der Waals surface area contributed by atoms with E-state index in [0.29, 0.717) is 0 Å². The van der Waals surface area contributed by atoms with E-state index in [-0.39, 0.29) is 17.4 Å². The second-order valence-electron chi connectivity index (χ2n) is 4.66. The molecule has 0 saturated heterocycles. The van der Waals surface area contributed by atoms with E-state index >= 15 is 0 Å². The zero-order valence-corrected chi connectivity index (χ0v) is 11.8. The second kappa shape index (κ2) is 4.66. The van der Waals surface area contributed by atoms with Gasteiger partial charge in [0.2, 0.25) is 0 Å². The lowest BCUT2D eigenvalue weighted by molar-refractivity contribution is 0.0913. The van der Waals surface area contributed by atoms with Gasteiger partial charge in [-0.15, -0.1) is 11.3 Å². The quantitative estimate of drug-likeness (QED) is 0.884. The van der Waals surface area contributed by atoms with Crippen LogP contribution in [0.25, 0.3) is 0 Å². The van der Waals surface area contributed by atoms with Gasteiger partial charge in [0.15, 0.2) is 0 Å². The average molecular weight is 290 g/mol. The van der Waals surface area contributed by atoms with Gasteiger partial charge in [0, 0.05) is 10.5 Å². The lowest BCUT2D eigenvalue weighted by Crippen LogP contribution is -2.41. The van der Waals surface area contributed by atoms with Gasteiger partial charge in [0.25, 0.3) is 5.91 Å². The smallest absolute Gasteiger partial charge is 0.262 e. The molecule has 1 amide bonds. The summed E-state index contributed by atoms with van der Waals surface area (Å²) in [7, 11) is 0. The molecule has 1 aromatic rings. The third-order valence-electron chi connectivity index (χ3n) is 2.47. The van der Waals surface area contributed by atoms with Crippen molar-refractivity contribution < 1.29 is 4.79 Å². The van der Waals surface area contributed by atoms with Crippen LogP contribution in [0.3, 0.4) is 0 Å². The third-order valence-corrected chi connectivity index (χ3v) is 4.31. The van der Waals surface area contributed by atoms with Gasteiger partial charge >= 0.3 is 0 Å². The highest BCUT2D eigenvalue weighted by molar-refractivity contribution is 9.10. The molecule has 0 aliphatic rings. The van der Waals surface area contributed by atoms with Crippen molar-refractivity contribution in [2.24, 2.45) is 5.41 Å². The van der Waals surface area contributed by atoms with E-state index in [1.807, 2.05) is 18.4 Å². The summed E-state index contributed by atoms with van der Waals surface area (Å²) in [4.78, 5) is 12.6. The maximum Gasteiger partial charge on any atom is 0.262 e. The fourth-order valence-electron chi connectivity index (χ4n) is 0.934. The molecule has 0 aromatic carbocycles. The lowest BCUT2D eigenvalue weighted by atomic mass is 9.88. The van der Waals surface area contributed by atoms with E-state index < -0.39 is 0 Å². The first-order valence-corrected chi connectivity index (χ1v) is 6.53. The Morgan fingerprint density at radius 1 is 1.53 bits per heavy atom. The highest BCUT2D eigenvalue weighted by Crippen LogP contribution is 2.24. The van der Waals surface area contributed by atoms with Crippen LogP contribution >= 0.6 is 27.3 Å². The minimum Gasteiger partial charge on any atom is -0.348 e. The highest BCUT2D eigenvalue weighted by atomic mass is 79.9. The minimum atomic E-state index is -0.000648. The van der Waals surface area contributed by atoms with Crippen molar-refractivity contribution in [2.75, 3.05) is 0 Å². The molecule has 1 N–H and O–H groups in total. The summed E-state index contributed by atoms with van der Waals surface area (Å²) >= 11 is 4.81. The molecular formula is C11H16BrNOS. The molecule has 2 nitrogen and oxygen atoms in total. The number of halogens is 1. The Kier molecular flexibility index (Phi) is 3.95. The van der Waals surface area contributed by atoms with E-state index in [1.165, 1.54) is 11.3 Å². The molecule has 1 rings (SSSR count). The fourth-order valence-corrected chi connectivity index (χ4v) is 2.39. The SMILES string of the molecule is CC(NC(=O)c1sccc1Br)C(C)(C)C. The maximum absolute atomic E-state index is 11.9. The van der Waals surface area contributed by atoms with Crippen molar-refractivity contribution in [1.82, 2.24) is 5.32 Å². The van der Waals surface area contributed by atoms with Crippen molar-refractivity contribution in [3.05, 3.63) is 20.8 Å². The molecule has 15 heavy (non-hydrogen) atoms. The normalized spacial score (nSPS) is 13.7. The first-order valence-electron chi connectivity index (χ1n) is 4.86. The van der Waals surface area contributed by atoms with Crippen molar-refractivity contribution in [1.29, 1.82) is 0 Å². The van der Waals surface area contributed by atoms with Crippen molar-refractivity contribution >= 4 is 33.2 Å². The maximum atomic E-state index is 11.9. The summed E-state index contributed by atoms with van der Waals surface area (Å²) in [5.41, 5.74) is 0.0827. The predicted molar refractivity (Wildman–Crippen MR) is 68.4 cm³/mol. The molecule has 0 saturated carbocycles. The first-order chi connectivity index (χ1) is 6.82. The van der Waals surface area contributed by atoms with Gasteiger partial charge in [-0.2, -0.15) is 0 Å². The summed E-state index contributed by atoms with van der Waals surface area (Å²) in [6.07, 6.45) is 0. The molecule has 1 heterocycles. The molecule has 0 aliphatic carbocycles. The van der Waals surface area contributed by atoms with Crippen LogP contribution in [-0.4, -0.2) is 11.9 Å². The summed E-state index contributed by atoms with van der Waals surface area (Å²) in [5.74, 6) is -0.000648. The van der Waals surface area contributed by atoms with Crippen molar-refractivity contribution in [3.63, 3.8) is 0 Å². The number of carbonyl (C=O) groups is 1. The Labute approximate surface area is 103 Å². The van der Waals surface area contributed by atoms with Crippen LogP contribution in [0.4, 0.5) is 0 Å². The molecule has 84 valence electrons. The Morgan fingerprint density at radius 2 is 2.13 bits per heavy atom. The molecule has 0 spiro atoms. The van der Waals surface area contributed by atoms with Gasteiger partial charge in [-0.05, 0) is 39.7 Å². The standard InChI is InChI=1S/C11H16BrNOS/c1-7(11(2,3)4)13-10(14)9-8(12)5-6-15-9/h5-7H,1-4H3,(H,13,14). The van der Waals surface area contributed by atoms with E-state index in [4.69, 9.17) is 0 Å². The van der Waals surface area contributed by atoms with Crippen LogP contribution in [-0.2, 0) is 0 Å². The third kappa shape index (κ3) is 3.31. The number of carbonyl (C=O) groups excluding carboxylic acids is 1. The number of thiophene rings is 1. The van der Waals surface area contributed by atoms with Gasteiger partial charge in [-0.1, -0.05) is 20.8 Å². The summed E-state index contributed by atoms with van der Waals surface area (Å²) in [5, 5.41) is 4.91. The summed E-state index contributed by atoms with van der Waals surface area (Å²) in [6.45, 7) is 8.36. The zero-order valence-electron chi connectivity index (χ0n) is 9.43. The number of hydrogen-bond donors (Lipinski definition) is 1. The Morgan fingerprint density at radius 3 is 2.53 bits per heavy atom. The average Bonchev–Trinajstić information content (AvgIpc) is 2.49. The fraction of sp³-hybridized carbons (Fsp3) is 0.545. The van der Waals surface area contributed by atoms with Crippen LogP contribution in [0, 0.1) is 5.41 Å². The predicted octanol–water partition coefficient (Wildman–Crippen LogP) is 3.68. The Hall–Kier alpha value is -0.350. The minimum absolute atomic E-state index is 0.000648. The largest absolute Gasteiger partial charge is 0.348 e. The second-order valence-corrected chi connectivity index (χ2v) is 6.43. The van der Waals surface area contributed by atoms with Crippen molar-refractivity contribution in [2.45, 2.75) is 33.7 Å². The lowest BCUT2D eigenvalue weighted by Gasteiger charge is -2.27. The first kappa shape index (κ1) is 12.7. The molecular weight excluding hydrogens is 274 g/mol. The van der Waals surface area contributed by atoms with E-state index in [2.05, 4.69) is 42.0 Å². The number of hydrogen-bond acceptors (Lipinski definition) is 2. The molecule has 0 fully saturated rings. The molecule has 0 radical (unpaired) electrons. The number of amides is 1. The summed E-state index contributed by atoms with van der Waals surface area (Å²) < 4.78 is 0.867.